The van der Waals surface area contributed by atoms with Crippen molar-refractivity contribution in [3.63, 3.8) is 0 Å². The van der Waals surface area contributed by atoms with Crippen molar-refractivity contribution in [1.82, 2.24) is 0 Å². The molecule has 5 heteroatoms. The molecular weight excluding hydrogens is 350 g/mol. The molecule has 3 rings (SSSR count). The molecule has 1 fully saturated rings. The number of phenols is 2. The van der Waals surface area contributed by atoms with Gasteiger partial charge in [0.25, 0.3) is 0 Å². The van der Waals surface area contributed by atoms with E-state index >= 15 is 0 Å². The second-order valence-electron chi connectivity index (χ2n) is 6.69. The molecule has 0 heterocycles. The lowest BCUT2D eigenvalue weighted by Gasteiger charge is -2.22. The molecule has 1 aliphatic rings. The summed E-state index contributed by atoms with van der Waals surface area (Å²) in [4.78, 5) is 16.3. The van der Waals surface area contributed by atoms with E-state index in [1.165, 1.54) is 31.5 Å². The van der Waals surface area contributed by atoms with Gasteiger partial charge in [0.2, 0.25) is 0 Å². The van der Waals surface area contributed by atoms with Gasteiger partial charge in [-0.15, -0.1) is 0 Å². The van der Waals surface area contributed by atoms with E-state index in [1.807, 2.05) is 12.1 Å². The standard InChI is InChI=1S/C21H22ClNO3/c22-18-11-15(14-6-2-1-3-7-14)10-16(21(18)26)12-23-13-20(25)17-8-4-5-9-19(17)24/h4-5,8-12,14,24,26H,1-3,6-7,13H2. The van der Waals surface area contributed by atoms with Gasteiger partial charge in [-0.25, -0.2) is 0 Å². The maximum absolute atomic E-state index is 12.2. The van der Waals surface area contributed by atoms with Crippen LogP contribution in [0.5, 0.6) is 11.5 Å². The molecule has 0 radical (unpaired) electrons. The summed E-state index contributed by atoms with van der Waals surface area (Å²) in [5, 5.41) is 20.2. The molecule has 0 atom stereocenters. The predicted octanol–water partition coefficient (Wildman–Crippen LogP) is 5.10. The van der Waals surface area contributed by atoms with Gasteiger partial charge in [-0.3, -0.25) is 9.79 Å². The third-order valence-electron chi connectivity index (χ3n) is 4.86. The van der Waals surface area contributed by atoms with Crippen LogP contribution in [0.1, 0.15) is 59.5 Å². The largest absolute Gasteiger partial charge is 0.507 e. The second kappa shape index (κ2) is 8.37. The molecule has 0 spiro atoms. The number of phenolic OH excluding ortho intramolecular Hbond substituents is 2. The van der Waals surface area contributed by atoms with Gasteiger partial charge in [-0.2, -0.15) is 0 Å². The van der Waals surface area contributed by atoms with Gasteiger partial charge in [-0.05, 0) is 48.6 Å². The summed E-state index contributed by atoms with van der Waals surface area (Å²) >= 11 is 6.18. The molecule has 0 saturated heterocycles. The van der Waals surface area contributed by atoms with Gasteiger partial charge < -0.3 is 10.2 Å². The number of halogens is 1. The molecule has 0 bridgehead atoms. The molecule has 1 saturated carbocycles. The summed E-state index contributed by atoms with van der Waals surface area (Å²) in [6.07, 6.45) is 7.42. The third-order valence-corrected chi connectivity index (χ3v) is 5.15. The van der Waals surface area contributed by atoms with Gasteiger partial charge in [0, 0.05) is 11.8 Å². The molecule has 2 aromatic rings. The van der Waals surface area contributed by atoms with E-state index in [1.54, 1.807) is 18.2 Å². The van der Waals surface area contributed by atoms with Crippen LogP contribution >= 0.6 is 11.6 Å². The fourth-order valence-corrected chi connectivity index (χ4v) is 3.67. The molecule has 1 aliphatic carbocycles. The number of hydrogen-bond donors (Lipinski definition) is 2. The van der Waals surface area contributed by atoms with Crippen LogP contribution in [-0.2, 0) is 0 Å². The topological polar surface area (TPSA) is 69.9 Å². The Labute approximate surface area is 158 Å². The van der Waals surface area contributed by atoms with Crippen LogP contribution in [0, 0.1) is 0 Å². The monoisotopic (exact) mass is 371 g/mol. The highest BCUT2D eigenvalue weighted by Gasteiger charge is 2.18. The number of para-hydroxylation sites is 1. The highest BCUT2D eigenvalue weighted by molar-refractivity contribution is 6.32. The maximum atomic E-state index is 12.2. The van der Waals surface area contributed by atoms with Crippen molar-refractivity contribution in [2.75, 3.05) is 6.54 Å². The number of hydrogen-bond acceptors (Lipinski definition) is 4. The maximum Gasteiger partial charge on any atom is 0.187 e. The Balaban J connectivity index is 1.76. The molecule has 0 amide bonds. The van der Waals surface area contributed by atoms with Gasteiger partial charge in [0.1, 0.15) is 18.0 Å². The van der Waals surface area contributed by atoms with E-state index in [0.717, 1.165) is 18.4 Å². The van der Waals surface area contributed by atoms with Crippen LogP contribution < -0.4 is 0 Å². The number of ketones is 1. The predicted molar refractivity (Wildman–Crippen MR) is 104 cm³/mol. The van der Waals surface area contributed by atoms with Crippen LogP contribution in [0.2, 0.25) is 5.02 Å². The summed E-state index contributed by atoms with van der Waals surface area (Å²) in [5.41, 5.74) is 1.87. The highest BCUT2D eigenvalue weighted by Crippen LogP contribution is 2.37. The first-order valence-electron chi connectivity index (χ1n) is 8.89. The quantitative estimate of drug-likeness (QED) is 0.567. The number of nitrogens with zero attached hydrogens (tertiary/aromatic N) is 1. The molecule has 2 aromatic carbocycles. The van der Waals surface area contributed by atoms with Crippen LogP contribution in [0.15, 0.2) is 41.4 Å². The van der Waals surface area contributed by atoms with Crippen molar-refractivity contribution in [3.05, 3.63) is 58.1 Å². The van der Waals surface area contributed by atoms with E-state index in [2.05, 4.69) is 4.99 Å². The number of rotatable bonds is 5. The highest BCUT2D eigenvalue weighted by atomic mass is 35.5. The number of Topliss-reactive ketones (excluding diaryl/α,β-unsaturated/α-hetero) is 1. The van der Waals surface area contributed by atoms with E-state index in [9.17, 15) is 15.0 Å². The fourth-order valence-electron chi connectivity index (χ4n) is 3.43. The number of aliphatic imine (C=N–C) groups is 1. The Kier molecular flexibility index (Phi) is 5.94. The summed E-state index contributed by atoms with van der Waals surface area (Å²) in [6.45, 7) is -0.109. The summed E-state index contributed by atoms with van der Waals surface area (Å²) in [6, 6.07) is 10.1. The van der Waals surface area contributed by atoms with E-state index in [-0.39, 0.29) is 29.4 Å². The van der Waals surface area contributed by atoms with Crippen molar-refractivity contribution in [1.29, 1.82) is 0 Å². The van der Waals surface area contributed by atoms with E-state index in [4.69, 9.17) is 11.6 Å². The Morgan fingerprint density at radius 1 is 1.15 bits per heavy atom. The van der Waals surface area contributed by atoms with Gasteiger partial charge >= 0.3 is 0 Å². The summed E-state index contributed by atoms with van der Waals surface area (Å²) in [7, 11) is 0. The lowest BCUT2D eigenvalue weighted by molar-refractivity contribution is 0.0999. The van der Waals surface area contributed by atoms with Crippen LogP contribution in [0.4, 0.5) is 0 Å². The first kappa shape index (κ1) is 18.5. The Morgan fingerprint density at radius 2 is 1.88 bits per heavy atom. The minimum Gasteiger partial charge on any atom is -0.507 e. The number of carbonyl (C=O) groups excluding carboxylic acids is 1. The van der Waals surface area contributed by atoms with Gasteiger partial charge in [0.05, 0.1) is 10.6 Å². The zero-order chi connectivity index (χ0) is 18.5. The van der Waals surface area contributed by atoms with Gasteiger partial charge in [0.15, 0.2) is 5.78 Å². The minimum absolute atomic E-state index is 0.0232. The molecular formula is C21H22ClNO3. The zero-order valence-electron chi connectivity index (χ0n) is 14.5. The average molecular weight is 372 g/mol. The van der Waals surface area contributed by atoms with E-state index < -0.39 is 0 Å². The van der Waals surface area contributed by atoms with Crippen LogP contribution in [-0.4, -0.2) is 28.8 Å². The number of carbonyl (C=O) groups is 1. The lowest BCUT2D eigenvalue weighted by Crippen LogP contribution is -2.06. The number of benzene rings is 2. The Bertz CT molecular complexity index is 826. The second-order valence-corrected chi connectivity index (χ2v) is 7.09. The Morgan fingerprint density at radius 3 is 2.62 bits per heavy atom. The average Bonchev–Trinajstić information content (AvgIpc) is 2.66. The van der Waals surface area contributed by atoms with Crippen molar-refractivity contribution in [2.45, 2.75) is 38.0 Å². The Hall–Kier alpha value is -2.33. The normalized spacial score (nSPS) is 15.4. The molecule has 0 aliphatic heterocycles. The first-order valence-corrected chi connectivity index (χ1v) is 9.27. The fraction of sp³-hybridized carbons (Fsp3) is 0.333. The van der Waals surface area contributed by atoms with Crippen molar-refractivity contribution < 1.29 is 15.0 Å². The van der Waals surface area contributed by atoms with Crippen molar-refractivity contribution in [3.8, 4) is 11.5 Å². The lowest BCUT2D eigenvalue weighted by atomic mass is 9.83. The molecule has 0 unspecified atom stereocenters. The smallest absolute Gasteiger partial charge is 0.187 e. The zero-order valence-corrected chi connectivity index (χ0v) is 15.2. The summed E-state index contributed by atoms with van der Waals surface area (Å²) < 4.78 is 0. The SMILES string of the molecule is O=C(CN=Cc1cc(C2CCCCC2)cc(Cl)c1O)c1ccccc1O. The van der Waals surface area contributed by atoms with Crippen LogP contribution in [0.3, 0.4) is 0 Å². The first-order chi connectivity index (χ1) is 12.6. The number of aromatic hydroxyl groups is 2. The van der Waals surface area contributed by atoms with Crippen LogP contribution in [0.25, 0.3) is 0 Å². The summed E-state index contributed by atoms with van der Waals surface area (Å²) in [5.74, 6) is 0.0909. The molecule has 4 nitrogen and oxygen atoms in total. The van der Waals surface area contributed by atoms with Gasteiger partial charge in [-0.1, -0.05) is 43.0 Å². The molecule has 136 valence electrons. The molecule has 0 aromatic heterocycles. The van der Waals surface area contributed by atoms with Crippen molar-refractivity contribution in [2.24, 2.45) is 4.99 Å². The van der Waals surface area contributed by atoms with E-state index in [0.29, 0.717) is 16.5 Å². The van der Waals surface area contributed by atoms with Crippen molar-refractivity contribution >= 4 is 23.6 Å². The minimum atomic E-state index is -0.284. The molecule has 26 heavy (non-hydrogen) atoms. The third kappa shape index (κ3) is 4.25. The molecule has 2 N–H and O–H groups in total.